The second kappa shape index (κ2) is 7.26. The summed E-state index contributed by atoms with van der Waals surface area (Å²) >= 11 is 0. The minimum absolute atomic E-state index is 0.0650. The summed E-state index contributed by atoms with van der Waals surface area (Å²) in [6.07, 6.45) is 6.77. The Morgan fingerprint density at radius 2 is 2.07 bits per heavy atom. The topological polar surface area (TPSA) is 87.4 Å². The normalized spacial score (nSPS) is 20.7. The third kappa shape index (κ3) is 3.80. The largest absolute Gasteiger partial charge is 0.337 e. The maximum atomic E-state index is 12.6. The quantitative estimate of drug-likeness (QED) is 0.892. The van der Waals surface area contributed by atoms with Gasteiger partial charge in [0.05, 0.1) is 0 Å². The van der Waals surface area contributed by atoms with E-state index in [1.807, 2.05) is 24.0 Å². The van der Waals surface area contributed by atoms with Gasteiger partial charge in [-0.05, 0) is 57.3 Å². The molecule has 0 aliphatic carbocycles. The van der Waals surface area contributed by atoms with Crippen molar-refractivity contribution in [2.45, 2.75) is 32.2 Å². The monoisotopic (exact) mass is 370 g/mol. The van der Waals surface area contributed by atoms with E-state index >= 15 is 0 Å². The number of carbonyl (C=O) groups is 1. The number of urea groups is 1. The molecular formula is C19H26N6O2. The molecule has 2 aliphatic rings. The number of nitrogens with zero attached hydrogens (tertiary/aromatic N) is 5. The summed E-state index contributed by atoms with van der Waals surface area (Å²) in [5.74, 6) is 0.873. The first-order chi connectivity index (χ1) is 13.0. The SMILES string of the molecule is C[C@@H](NC(=O)N1CCC2(CCN(C)C2)CC1)c1nc(-c2cccnc2)no1. The first-order valence-electron chi connectivity index (χ1n) is 9.53. The predicted octanol–water partition coefficient (Wildman–Crippen LogP) is 2.32. The highest BCUT2D eigenvalue weighted by Gasteiger charge is 2.40. The molecule has 1 spiro atoms. The molecule has 2 aromatic heterocycles. The van der Waals surface area contributed by atoms with E-state index in [-0.39, 0.29) is 12.1 Å². The number of pyridine rings is 1. The molecule has 8 nitrogen and oxygen atoms in total. The second-order valence-corrected chi connectivity index (χ2v) is 7.84. The zero-order valence-electron chi connectivity index (χ0n) is 15.9. The molecule has 4 heterocycles. The number of amides is 2. The molecule has 8 heteroatoms. The molecule has 1 atom stereocenters. The number of aromatic nitrogens is 3. The van der Waals surface area contributed by atoms with Crippen LogP contribution in [0.3, 0.4) is 0 Å². The Morgan fingerprint density at radius 1 is 1.30 bits per heavy atom. The lowest BCUT2D eigenvalue weighted by molar-refractivity contribution is 0.120. The second-order valence-electron chi connectivity index (χ2n) is 7.84. The fraction of sp³-hybridized carbons (Fsp3) is 0.579. The van der Waals surface area contributed by atoms with Crippen molar-refractivity contribution in [1.82, 2.24) is 30.2 Å². The van der Waals surface area contributed by atoms with Crippen molar-refractivity contribution in [3.05, 3.63) is 30.4 Å². The first-order valence-corrected chi connectivity index (χ1v) is 9.53. The van der Waals surface area contributed by atoms with Crippen LogP contribution in [-0.2, 0) is 0 Å². The van der Waals surface area contributed by atoms with Crippen molar-refractivity contribution in [2.75, 3.05) is 33.2 Å². The highest BCUT2D eigenvalue weighted by molar-refractivity contribution is 5.74. The van der Waals surface area contributed by atoms with Crippen LogP contribution < -0.4 is 5.32 Å². The lowest BCUT2D eigenvalue weighted by Gasteiger charge is -2.39. The molecular weight excluding hydrogens is 344 g/mol. The smallest absolute Gasteiger partial charge is 0.318 e. The molecule has 1 N–H and O–H groups in total. The molecule has 0 saturated carbocycles. The average molecular weight is 370 g/mol. The molecule has 0 unspecified atom stereocenters. The van der Waals surface area contributed by atoms with Gasteiger partial charge < -0.3 is 19.6 Å². The molecule has 0 radical (unpaired) electrons. The van der Waals surface area contributed by atoms with Gasteiger partial charge in [-0.3, -0.25) is 4.98 Å². The Balaban J connectivity index is 1.33. The van der Waals surface area contributed by atoms with Crippen molar-refractivity contribution in [1.29, 1.82) is 0 Å². The van der Waals surface area contributed by atoms with Gasteiger partial charge in [0.1, 0.15) is 6.04 Å². The standard InChI is InChI=1S/C19H26N6O2/c1-14(17-22-16(23-27-17)15-4-3-8-20-12-15)21-18(26)25-10-6-19(7-11-25)5-9-24(2)13-19/h3-4,8,12,14H,5-7,9-11,13H2,1-2H3,(H,21,26)/t14-/m1/s1. The highest BCUT2D eigenvalue weighted by Crippen LogP contribution is 2.39. The third-order valence-corrected chi connectivity index (χ3v) is 5.81. The van der Waals surface area contributed by atoms with Crippen LogP contribution in [-0.4, -0.2) is 64.2 Å². The number of piperidine rings is 1. The first kappa shape index (κ1) is 17.9. The Morgan fingerprint density at radius 3 is 2.74 bits per heavy atom. The zero-order valence-corrected chi connectivity index (χ0v) is 15.9. The van der Waals surface area contributed by atoms with Crippen molar-refractivity contribution in [3.8, 4) is 11.4 Å². The van der Waals surface area contributed by atoms with Gasteiger partial charge in [-0.1, -0.05) is 5.16 Å². The molecule has 2 aromatic rings. The van der Waals surface area contributed by atoms with Crippen LogP contribution in [0.4, 0.5) is 4.79 Å². The van der Waals surface area contributed by atoms with Crippen LogP contribution in [0, 0.1) is 5.41 Å². The van der Waals surface area contributed by atoms with E-state index in [0.29, 0.717) is 17.1 Å². The van der Waals surface area contributed by atoms with Crippen molar-refractivity contribution < 1.29 is 9.32 Å². The van der Waals surface area contributed by atoms with E-state index in [2.05, 4.69) is 32.4 Å². The fourth-order valence-corrected chi connectivity index (χ4v) is 4.11. The molecule has 0 aromatic carbocycles. The molecule has 4 rings (SSSR count). The van der Waals surface area contributed by atoms with Crippen LogP contribution in [0.2, 0.25) is 0 Å². The Hall–Kier alpha value is -2.48. The number of hydrogen-bond donors (Lipinski definition) is 1. The van der Waals surface area contributed by atoms with E-state index in [1.165, 1.54) is 13.0 Å². The van der Waals surface area contributed by atoms with Gasteiger partial charge in [-0.15, -0.1) is 0 Å². The molecule has 144 valence electrons. The average Bonchev–Trinajstić information content (AvgIpc) is 3.31. The molecule has 2 amide bonds. The van der Waals surface area contributed by atoms with Gasteiger partial charge in [-0.25, -0.2) is 4.79 Å². The van der Waals surface area contributed by atoms with Crippen LogP contribution in [0.15, 0.2) is 29.0 Å². The third-order valence-electron chi connectivity index (χ3n) is 5.81. The number of carbonyl (C=O) groups excluding carboxylic acids is 1. The van der Waals surface area contributed by atoms with Crippen LogP contribution >= 0.6 is 0 Å². The molecule has 27 heavy (non-hydrogen) atoms. The lowest BCUT2D eigenvalue weighted by atomic mass is 9.78. The summed E-state index contributed by atoms with van der Waals surface area (Å²) < 4.78 is 5.33. The van der Waals surface area contributed by atoms with E-state index < -0.39 is 0 Å². The molecule has 2 aliphatic heterocycles. The highest BCUT2D eigenvalue weighted by atomic mass is 16.5. The minimum atomic E-state index is -0.344. The van der Waals surface area contributed by atoms with Gasteiger partial charge >= 0.3 is 6.03 Å². The Kier molecular flexibility index (Phi) is 4.82. The van der Waals surface area contributed by atoms with Gasteiger partial charge in [-0.2, -0.15) is 4.98 Å². The van der Waals surface area contributed by atoms with E-state index in [0.717, 1.165) is 38.0 Å². The van der Waals surface area contributed by atoms with E-state index in [9.17, 15) is 4.79 Å². The summed E-state index contributed by atoms with van der Waals surface area (Å²) in [5.41, 5.74) is 1.19. The minimum Gasteiger partial charge on any atom is -0.337 e. The predicted molar refractivity (Wildman–Crippen MR) is 99.8 cm³/mol. The van der Waals surface area contributed by atoms with Crippen LogP contribution in [0.25, 0.3) is 11.4 Å². The maximum absolute atomic E-state index is 12.6. The number of hydrogen-bond acceptors (Lipinski definition) is 6. The van der Waals surface area contributed by atoms with Crippen LogP contribution in [0.1, 0.15) is 38.1 Å². The molecule has 0 bridgehead atoms. The van der Waals surface area contributed by atoms with E-state index in [4.69, 9.17) is 4.52 Å². The van der Waals surface area contributed by atoms with Gasteiger partial charge in [0, 0.05) is 37.6 Å². The fourth-order valence-electron chi connectivity index (χ4n) is 4.11. The summed E-state index contributed by atoms with van der Waals surface area (Å²) in [4.78, 5) is 25.4. The van der Waals surface area contributed by atoms with Gasteiger partial charge in [0.15, 0.2) is 0 Å². The van der Waals surface area contributed by atoms with E-state index in [1.54, 1.807) is 12.4 Å². The zero-order chi connectivity index (χ0) is 18.9. The summed E-state index contributed by atoms with van der Waals surface area (Å²) in [6, 6.07) is 3.28. The van der Waals surface area contributed by atoms with Gasteiger partial charge in [0.2, 0.25) is 11.7 Å². The van der Waals surface area contributed by atoms with Crippen molar-refractivity contribution in [3.63, 3.8) is 0 Å². The number of nitrogens with one attached hydrogen (secondary N) is 1. The maximum Gasteiger partial charge on any atom is 0.318 e. The van der Waals surface area contributed by atoms with Crippen molar-refractivity contribution in [2.24, 2.45) is 5.41 Å². The molecule has 2 saturated heterocycles. The van der Waals surface area contributed by atoms with Crippen LogP contribution in [0.5, 0.6) is 0 Å². The van der Waals surface area contributed by atoms with Crippen molar-refractivity contribution >= 4 is 6.03 Å². The Bertz CT molecular complexity index is 785. The molecule has 2 fully saturated rings. The summed E-state index contributed by atoms with van der Waals surface area (Å²) in [7, 11) is 2.18. The number of likely N-dealkylation sites (tertiary alicyclic amines) is 2. The van der Waals surface area contributed by atoms with Gasteiger partial charge in [0.25, 0.3) is 0 Å². The Labute approximate surface area is 158 Å². The lowest BCUT2D eigenvalue weighted by Crippen LogP contribution is -2.48. The summed E-state index contributed by atoms with van der Waals surface area (Å²) in [5, 5.41) is 6.97. The number of rotatable bonds is 3. The summed E-state index contributed by atoms with van der Waals surface area (Å²) in [6.45, 7) is 5.78.